The molecule has 0 fully saturated rings. The summed E-state index contributed by atoms with van der Waals surface area (Å²) < 4.78 is 8.83. The first-order valence-corrected chi connectivity index (χ1v) is 46.1. The normalized spacial score (nSPS) is 11.4. The summed E-state index contributed by atoms with van der Waals surface area (Å²) in [6.45, 7) is 16.7. The van der Waals surface area contributed by atoms with E-state index in [0.717, 1.165) is 0 Å². The third kappa shape index (κ3) is 72.2. The average molecular weight is 1890 g/mol. The molecule has 0 aliphatic heterocycles. The Bertz CT molecular complexity index is 2590. The van der Waals surface area contributed by atoms with Gasteiger partial charge in [0, 0.05) is 261 Å². The number of carbonyl (C=O) groups excluding carboxylic acids is 15. The van der Waals surface area contributed by atoms with Crippen molar-refractivity contribution in [2.24, 2.45) is 45.9 Å². The molecule has 0 saturated carbocycles. The van der Waals surface area contributed by atoms with Crippen LogP contribution in [0.15, 0.2) is 0 Å². The monoisotopic (exact) mass is 1880 g/mol. The quantitative estimate of drug-likeness (QED) is 0.0116. The molecule has 0 aliphatic carbocycles. The molecule has 0 heterocycles. The summed E-state index contributed by atoms with van der Waals surface area (Å²) in [6, 6.07) is 0. The van der Waals surface area contributed by atoms with Gasteiger partial charge in [-0.1, -0.05) is 0 Å². The zero-order valence-corrected chi connectivity index (χ0v) is 76.3. The van der Waals surface area contributed by atoms with Crippen LogP contribution in [-0.2, 0) is 71.9 Å². The van der Waals surface area contributed by atoms with Crippen LogP contribution in [0, 0.1) is 0 Å². The van der Waals surface area contributed by atoms with Crippen LogP contribution in [0.4, 0.5) is 4.79 Å². The molecule has 47 heteroatoms. The first-order chi connectivity index (χ1) is 59.5. The number of amides is 15. The van der Waals surface area contributed by atoms with Gasteiger partial charge in [0.1, 0.15) is 0 Å². The van der Waals surface area contributed by atoms with Crippen LogP contribution in [-0.4, -0.2) is 415 Å². The maximum atomic E-state index is 13.8. The van der Waals surface area contributed by atoms with Gasteiger partial charge in [0.15, 0.2) is 0 Å². The fourth-order valence-corrected chi connectivity index (χ4v) is 13.2. The zero-order valence-electron chi connectivity index (χ0n) is 74.2. The first kappa shape index (κ1) is 116. The van der Waals surface area contributed by atoms with Gasteiger partial charge < -0.3 is 129 Å². The maximum absolute atomic E-state index is 13.8. The number of nitrogens with one attached hydrogen (secondary N) is 15. The van der Waals surface area contributed by atoms with E-state index in [1.54, 1.807) is 20.8 Å². The molecule has 0 bridgehead atoms. The molecule has 0 aromatic carbocycles. The fraction of sp³-hybridized carbons (Fsp3) is 0.805. The van der Waals surface area contributed by atoms with E-state index in [2.05, 4.69) is 78.0 Å². The Balaban J connectivity index is 6.68. The second-order valence-electron chi connectivity index (χ2n) is 30.0. The summed E-state index contributed by atoms with van der Waals surface area (Å²) in [7, 11) is 0. The van der Waals surface area contributed by atoms with Crippen LogP contribution in [0.3, 0.4) is 0 Å². The van der Waals surface area contributed by atoms with Crippen LogP contribution in [0.1, 0.15) is 111 Å². The zero-order chi connectivity index (χ0) is 92.2. The van der Waals surface area contributed by atoms with E-state index >= 15 is 0 Å². The van der Waals surface area contributed by atoms with Gasteiger partial charge in [-0.2, -0.15) is 0 Å². The molecule has 0 spiro atoms. The van der Waals surface area contributed by atoms with Crippen molar-refractivity contribution in [2.75, 3.05) is 286 Å². The number of hydrogen-bond donors (Lipinski definition) is 23. The number of alkyl halides is 1. The van der Waals surface area contributed by atoms with E-state index in [-0.39, 0.29) is 317 Å². The second kappa shape index (κ2) is 77.3. The van der Waals surface area contributed by atoms with E-state index in [9.17, 15) is 71.9 Å². The Hall–Kier alpha value is -8.02. The van der Waals surface area contributed by atoms with Gasteiger partial charge in [0.2, 0.25) is 70.9 Å². The predicted octanol–water partition coefficient (Wildman–Crippen LogP) is -14.6. The molecule has 0 aromatic heterocycles. The third-order valence-corrected chi connectivity index (χ3v) is 20.3. The number of ether oxygens (including phenoxy) is 1. The van der Waals surface area contributed by atoms with Gasteiger partial charge in [-0.05, 0) is 0 Å². The van der Waals surface area contributed by atoms with Crippen molar-refractivity contribution >= 4 is 88.8 Å². The molecule has 0 unspecified atom stereocenters. The topological polar surface area (TPSA) is 677 Å². The minimum absolute atomic E-state index is 0.00376. The number of nitrogens with zero attached hydrogens (tertiary/aromatic N) is 7. The fourth-order valence-electron chi connectivity index (χ4n) is 11.6. The molecule has 718 valence electrons. The van der Waals surface area contributed by atoms with Gasteiger partial charge in [-0.25, -0.2) is 0 Å². The Morgan fingerprint density at radius 2 is 0.339 bits per heavy atom. The summed E-state index contributed by atoms with van der Waals surface area (Å²) in [4.78, 5) is 207. The van der Waals surface area contributed by atoms with Crippen molar-refractivity contribution in [3.05, 3.63) is 0 Å². The molecule has 0 atom stereocenters. The van der Waals surface area contributed by atoms with E-state index < -0.39 is 33.2 Å². The van der Waals surface area contributed by atoms with Crippen molar-refractivity contribution in [3.8, 4) is 0 Å². The number of nitrogens with two attached hydrogens (primary N) is 8. The van der Waals surface area contributed by atoms with E-state index in [4.69, 9.17) is 50.6 Å². The number of rotatable bonds is 80. The van der Waals surface area contributed by atoms with Crippen molar-refractivity contribution in [3.63, 3.8) is 0 Å². The van der Waals surface area contributed by atoms with Crippen LogP contribution in [0.5, 0.6) is 0 Å². The SMILES string of the molecule is CC(C)(C)OC(=O)N[I-]CCN(CCC(=O)NCCN(CCC(=O)NCCN(CCC(=O)NCCN)CCC(=O)NCCN)CCC(=O)NCCN(CCC(=O)NCCN)CCC(=O)NCCN)CCC(=O)NCCN(CCC(=O)NCCN(CCC(=O)NCCN)CCC(=O)NCCN)CCC(=O)NCCN(CCC(=O)NCCN)CCC(=O)NCCN. The standard InChI is InChI=1S/C77H156IN30O16/c1-77(2,3)124-76(123)101-78-18-55-102(41-4-70(117)95-35-60-107(51-14-72(119)97-37-56-103(43-6-62(109)87-27-19-79)44-7-63(110)88-28-20-80)52-15-73(120)98-38-57-104(45-8-64(111)89-29-21-81)46-9-65(112)90-30-22-82)42-5-71(118)96-36-61-108(53-16-74(121)99-39-58-105(47-10-66(113)91-31-23-83)48-11-67(114)92-32-24-84)54-17-75(122)100-40-59-106(49-12-68(115)93-33-25-85)50-13-69(116)94-34-26-86/h4-61,79-86H2,1-3H3,(H,87,109)(H,88,110)(H,89,111)(H,90,112)(H,91,113)(H,92,114)(H,93,115)(H,94,116)(H,95,117)(H,96,118)(H,97,119)(H,98,120)(H,99,121)(H,100,122)(H,101,123)/q-1. The molecule has 0 rings (SSSR count). The Labute approximate surface area is 743 Å². The average Bonchev–Trinajstić information content (AvgIpc) is 0.945. The van der Waals surface area contributed by atoms with Gasteiger partial charge in [-0.15, -0.1) is 0 Å². The van der Waals surface area contributed by atoms with E-state index in [1.165, 1.54) is 0 Å². The number of halogens is 1. The predicted molar refractivity (Wildman–Crippen MR) is 469 cm³/mol. The van der Waals surface area contributed by atoms with Gasteiger partial charge in [-0.3, -0.25) is 57.5 Å². The van der Waals surface area contributed by atoms with Gasteiger partial charge >= 0.3 is 229 Å². The summed E-state index contributed by atoms with van der Waals surface area (Å²) in [5.74, 6) is -3.56. The Morgan fingerprint density at radius 3 is 0.468 bits per heavy atom. The van der Waals surface area contributed by atoms with Crippen molar-refractivity contribution in [1.29, 1.82) is 0 Å². The van der Waals surface area contributed by atoms with E-state index in [0.29, 0.717) is 142 Å². The molecule has 0 saturated heterocycles. The minimum atomic E-state index is -0.938. The molecule has 15 amide bonds. The molecule has 46 nitrogen and oxygen atoms in total. The molecule has 31 N–H and O–H groups in total. The number of hydrogen-bond acceptors (Lipinski definition) is 31. The van der Waals surface area contributed by atoms with Crippen LogP contribution in [0.25, 0.3) is 0 Å². The van der Waals surface area contributed by atoms with Crippen molar-refractivity contribution in [2.45, 2.75) is 116 Å². The summed E-state index contributed by atoms with van der Waals surface area (Å²) in [5, 5.41) is 39.5. The minimum Gasteiger partial charge on any atom is -0.355 e. The first-order valence-electron chi connectivity index (χ1n) is 43.5. The third-order valence-electron chi connectivity index (χ3n) is 18.4. The van der Waals surface area contributed by atoms with Crippen LogP contribution < -0.4 is 145 Å². The Kier molecular flexibility index (Phi) is 72.3. The van der Waals surface area contributed by atoms with Gasteiger partial charge in [0.05, 0.1) is 0 Å². The molecular formula is C77H156IN30O16-. The van der Waals surface area contributed by atoms with Crippen LogP contribution >= 0.6 is 0 Å². The molecule has 0 aromatic rings. The second-order valence-corrected chi connectivity index (χ2v) is 32.4. The summed E-state index contributed by atoms with van der Waals surface area (Å²) >= 11 is -0.938. The summed E-state index contributed by atoms with van der Waals surface area (Å²) in [5.41, 5.74) is 43.8. The smallest absolute Gasteiger partial charge is 0.355 e. The molecule has 0 radical (unpaired) electrons. The summed E-state index contributed by atoms with van der Waals surface area (Å²) in [6.07, 6.45) is 0.568. The van der Waals surface area contributed by atoms with Crippen molar-refractivity contribution in [1.82, 2.24) is 112 Å². The molecular weight excluding hydrogens is 1730 g/mol. The van der Waals surface area contributed by atoms with E-state index in [1.807, 2.05) is 34.3 Å². The van der Waals surface area contributed by atoms with Crippen molar-refractivity contribution < 1.29 is 98.1 Å². The van der Waals surface area contributed by atoms with Gasteiger partial charge in [0.25, 0.3) is 0 Å². The molecule has 0 aliphatic rings. The van der Waals surface area contributed by atoms with Crippen LogP contribution in [0.2, 0.25) is 0 Å². The molecule has 124 heavy (non-hydrogen) atoms. The number of carbonyl (C=O) groups is 15. The Morgan fingerprint density at radius 1 is 0.210 bits per heavy atom.